The van der Waals surface area contributed by atoms with E-state index in [9.17, 15) is 27.9 Å². The number of hydrogen-bond acceptors (Lipinski definition) is 8. The standard InChI is InChI=1S/C25H30N2O8S/c1-17-10-12-19(13-11-17)36(32,33)27-21(29)20(34-22(30)18-8-6-5-7-9-18)14-25(27,16-28)15-26-23(31)35-24(2,3)4/h5-13,16,20-21,29H,14-15H2,1-4H3,(H,26,31)/t20-,21?,25-/m0/s1. The second kappa shape index (κ2) is 10.4. The molecule has 3 atom stereocenters. The fraction of sp³-hybridized carbons (Fsp3) is 0.400. The molecule has 2 N–H and O–H groups in total. The highest BCUT2D eigenvalue weighted by Gasteiger charge is 2.59. The highest BCUT2D eigenvalue weighted by atomic mass is 32.2. The number of ether oxygens (including phenoxy) is 2. The Morgan fingerprint density at radius 2 is 1.75 bits per heavy atom. The molecule has 194 valence electrons. The number of carbonyl (C=O) groups is 3. The molecular formula is C25H30N2O8S. The number of nitrogens with one attached hydrogen (secondary N) is 1. The van der Waals surface area contributed by atoms with Gasteiger partial charge in [0.15, 0.2) is 6.23 Å². The lowest BCUT2D eigenvalue weighted by Gasteiger charge is -2.34. The average Bonchev–Trinajstić information content (AvgIpc) is 3.09. The van der Waals surface area contributed by atoms with Gasteiger partial charge in [-0.05, 0) is 52.0 Å². The molecule has 0 aromatic heterocycles. The van der Waals surface area contributed by atoms with Gasteiger partial charge in [-0.3, -0.25) is 0 Å². The van der Waals surface area contributed by atoms with E-state index >= 15 is 0 Å². The largest absolute Gasteiger partial charge is 0.454 e. The van der Waals surface area contributed by atoms with Gasteiger partial charge in [-0.2, -0.15) is 4.31 Å². The van der Waals surface area contributed by atoms with Crippen molar-refractivity contribution in [2.24, 2.45) is 0 Å². The Kier molecular flexibility index (Phi) is 7.87. The van der Waals surface area contributed by atoms with E-state index in [1.807, 2.05) is 0 Å². The first-order valence-corrected chi connectivity index (χ1v) is 12.7. The number of alkyl carbamates (subject to hydrolysis) is 1. The van der Waals surface area contributed by atoms with E-state index in [0.29, 0.717) is 10.6 Å². The minimum Gasteiger partial charge on any atom is -0.454 e. The first kappa shape index (κ1) is 27.3. The Balaban J connectivity index is 1.97. The third-order valence-corrected chi connectivity index (χ3v) is 7.53. The van der Waals surface area contributed by atoms with Crippen molar-refractivity contribution < 1.29 is 37.4 Å². The summed E-state index contributed by atoms with van der Waals surface area (Å²) in [7, 11) is -4.47. The zero-order valence-electron chi connectivity index (χ0n) is 20.5. The van der Waals surface area contributed by atoms with Gasteiger partial charge in [0.2, 0.25) is 10.0 Å². The number of sulfonamides is 1. The molecule has 1 saturated heterocycles. The third-order valence-electron chi connectivity index (χ3n) is 5.57. The summed E-state index contributed by atoms with van der Waals surface area (Å²) in [5.41, 5.74) is -1.80. The number of rotatable bonds is 7. The number of aliphatic hydroxyl groups is 1. The van der Waals surface area contributed by atoms with Crippen LogP contribution in [0.3, 0.4) is 0 Å². The molecule has 1 heterocycles. The van der Waals surface area contributed by atoms with Crippen LogP contribution in [0, 0.1) is 6.92 Å². The summed E-state index contributed by atoms with van der Waals surface area (Å²) in [4.78, 5) is 37.2. The fourth-order valence-corrected chi connectivity index (χ4v) is 5.67. The average molecular weight is 519 g/mol. The highest BCUT2D eigenvalue weighted by molar-refractivity contribution is 7.89. The summed E-state index contributed by atoms with van der Waals surface area (Å²) < 4.78 is 38.5. The minimum absolute atomic E-state index is 0.175. The predicted octanol–water partition coefficient (Wildman–Crippen LogP) is 2.40. The van der Waals surface area contributed by atoms with E-state index in [1.54, 1.807) is 58.0 Å². The summed E-state index contributed by atoms with van der Waals surface area (Å²) in [6, 6.07) is 13.8. The first-order valence-electron chi connectivity index (χ1n) is 11.3. The quantitative estimate of drug-likeness (QED) is 0.421. The van der Waals surface area contributed by atoms with E-state index in [1.165, 1.54) is 24.3 Å². The maximum atomic E-state index is 13.6. The number of carbonyl (C=O) groups excluding carboxylic acids is 3. The van der Waals surface area contributed by atoms with Gasteiger partial charge in [0.05, 0.1) is 10.5 Å². The topological polar surface area (TPSA) is 139 Å². The number of aldehydes is 1. The molecule has 2 aromatic rings. The fourth-order valence-electron chi connectivity index (χ4n) is 3.88. The van der Waals surface area contributed by atoms with Crippen molar-refractivity contribution >= 4 is 28.4 Å². The van der Waals surface area contributed by atoms with Crippen LogP contribution >= 0.6 is 0 Å². The molecule has 0 saturated carbocycles. The normalized spacial score (nSPS) is 22.6. The molecule has 1 aliphatic heterocycles. The van der Waals surface area contributed by atoms with Crippen LogP contribution in [0.15, 0.2) is 59.5 Å². The number of hydrogen-bond donors (Lipinski definition) is 2. The SMILES string of the molecule is Cc1ccc(S(=O)(=O)N2C(O)[C@@H](OC(=O)c3ccccc3)C[C@@]2(C=O)CNC(=O)OC(C)(C)C)cc1. The third kappa shape index (κ3) is 5.92. The van der Waals surface area contributed by atoms with Gasteiger partial charge in [0.1, 0.15) is 23.5 Å². The zero-order chi connectivity index (χ0) is 26.7. The molecule has 10 nitrogen and oxygen atoms in total. The Morgan fingerprint density at radius 1 is 1.14 bits per heavy atom. The Bertz CT molecular complexity index is 1210. The van der Waals surface area contributed by atoms with Crippen LogP contribution in [0.25, 0.3) is 0 Å². The van der Waals surface area contributed by atoms with Gasteiger partial charge in [-0.1, -0.05) is 35.9 Å². The maximum absolute atomic E-state index is 13.6. The van der Waals surface area contributed by atoms with Gasteiger partial charge in [-0.15, -0.1) is 0 Å². The molecule has 3 rings (SSSR count). The van der Waals surface area contributed by atoms with Crippen LogP contribution in [0.5, 0.6) is 0 Å². The number of esters is 1. The molecule has 0 radical (unpaired) electrons. The number of aliphatic hydroxyl groups excluding tert-OH is 1. The van der Waals surface area contributed by atoms with Gasteiger partial charge < -0.3 is 24.7 Å². The van der Waals surface area contributed by atoms with Crippen molar-refractivity contribution in [2.75, 3.05) is 6.54 Å². The first-order chi connectivity index (χ1) is 16.8. The van der Waals surface area contributed by atoms with Crippen molar-refractivity contribution in [2.45, 2.75) is 62.5 Å². The Labute approximate surface area is 210 Å². The van der Waals surface area contributed by atoms with Crippen molar-refractivity contribution in [3.63, 3.8) is 0 Å². The lowest BCUT2D eigenvalue weighted by molar-refractivity contribution is -0.116. The van der Waals surface area contributed by atoms with Crippen LogP contribution in [0.4, 0.5) is 4.79 Å². The molecule has 1 unspecified atom stereocenters. The molecular weight excluding hydrogens is 488 g/mol. The van der Waals surface area contributed by atoms with Crippen molar-refractivity contribution in [3.05, 3.63) is 65.7 Å². The number of aryl methyl sites for hydroxylation is 1. The van der Waals surface area contributed by atoms with Crippen LogP contribution in [0.1, 0.15) is 43.1 Å². The summed E-state index contributed by atoms with van der Waals surface area (Å²) in [5, 5.41) is 13.5. The summed E-state index contributed by atoms with van der Waals surface area (Å²) in [6.07, 6.45) is -4.22. The van der Waals surface area contributed by atoms with Gasteiger partial charge in [-0.25, -0.2) is 18.0 Å². The molecule has 11 heteroatoms. The molecule has 0 bridgehead atoms. The molecule has 1 amide bonds. The molecule has 0 aliphatic carbocycles. The van der Waals surface area contributed by atoms with Gasteiger partial charge in [0, 0.05) is 13.0 Å². The van der Waals surface area contributed by atoms with E-state index in [2.05, 4.69) is 5.32 Å². The van der Waals surface area contributed by atoms with Crippen molar-refractivity contribution in [1.82, 2.24) is 9.62 Å². The molecule has 2 aromatic carbocycles. The predicted molar refractivity (Wildman–Crippen MR) is 130 cm³/mol. The molecule has 0 spiro atoms. The van der Waals surface area contributed by atoms with Gasteiger partial charge >= 0.3 is 12.1 Å². The highest BCUT2D eigenvalue weighted by Crippen LogP contribution is 2.39. The van der Waals surface area contributed by atoms with Crippen molar-refractivity contribution in [3.8, 4) is 0 Å². The van der Waals surface area contributed by atoms with Crippen LogP contribution in [-0.2, 0) is 24.3 Å². The van der Waals surface area contributed by atoms with Crippen LogP contribution < -0.4 is 5.32 Å². The maximum Gasteiger partial charge on any atom is 0.407 e. The van der Waals surface area contributed by atoms with Crippen LogP contribution in [-0.4, -0.2) is 66.2 Å². The monoisotopic (exact) mass is 518 g/mol. The Hall–Kier alpha value is -3.28. The lowest BCUT2D eigenvalue weighted by Crippen LogP contribution is -2.58. The van der Waals surface area contributed by atoms with E-state index in [4.69, 9.17) is 9.47 Å². The Morgan fingerprint density at radius 3 is 2.31 bits per heavy atom. The summed E-state index contributed by atoms with van der Waals surface area (Å²) in [6.45, 7) is 6.20. The number of nitrogens with zero attached hydrogens (tertiary/aromatic N) is 1. The summed E-state index contributed by atoms with van der Waals surface area (Å²) in [5.74, 6) is -0.797. The number of benzene rings is 2. The second-order valence-corrected chi connectivity index (χ2v) is 11.4. The molecule has 1 aliphatic rings. The minimum atomic E-state index is -4.47. The summed E-state index contributed by atoms with van der Waals surface area (Å²) >= 11 is 0. The molecule has 1 fully saturated rings. The lowest BCUT2D eigenvalue weighted by atomic mass is 9.98. The smallest absolute Gasteiger partial charge is 0.407 e. The van der Waals surface area contributed by atoms with E-state index in [-0.39, 0.29) is 10.5 Å². The van der Waals surface area contributed by atoms with E-state index < -0.39 is 58.5 Å². The zero-order valence-corrected chi connectivity index (χ0v) is 21.3. The second-order valence-electron chi connectivity index (χ2n) is 9.62. The van der Waals surface area contributed by atoms with Crippen LogP contribution in [0.2, 0.25) is 0 Å². The van der Waals surface area contributed by atoms with Crippen molar-refractivity contribution in [1.29, 1.82) is 0 Å². The van der Waals surface area contributed by atoms with E-state index in [0.717, 1.165) is 5.56 Å². The molecule has 36 heavy (non-hydrogen) atoms. The van der Waals surface area contributed by atoms with Gasteiger partial charge in [0.25, 0.3) is 0 Å². The number of amides is 1.